The molecule has 0 aliphatic carbocycles. The van der Waals surface area contributed by atoms with Crippen LogP contribution >= 0.6 is 45.3 Å². The lowest BCUT2D eigenvalue weighted by atomic mass is 9.91. The number of nitrogens with one attached hydrogen (secondary N) is 6. The molecule has 0 unspecified atom stereocenters. The van der Waals surface area contributed by atoms with Gasteiger partial charge in [0.1, 0.15) is 47.9 Å². The molecule has 2 aliphatic heterocycles. The van der Waals surface area contributed by atoms with Crippen LogP contribution in [0.15, 0.2) is 111 Å². The molecule has 10 N–H and O–H groups in total. The molecule has 4 aromatic carbocycles. The van der Waals surface area contributed by atoms with Gasteiger partial charge in [-0.2, -0.15) is 0 Å². The number of hydrogen-bond donors (Lipinski definition) is 9. The van der Waals surface area contributed by atoms with Crippen LogP contribution in [0.25, 0.3) is 20.9 Å². The number of nitrogens with zero attached hydrogens (tertiary/aromatic N) is 6. The van der Waals surface area contributed by atoms with Gasteiger partial charge in [-0.05, 0) is 128 Å². The van der Waals surface area contributed by atoms with Crippen molar-refractivity contribution in [1.29, 1.82) is 0 Å². The predicted octanol–water partition coefficient (Wildman–Crippen LogP) is 9.73. The van der Waals surface area contributed by atoms with Crippen molar-refractivity contribution in [2.45, 2.75) is 136 Å². The predicted molar refractivity (Wildman–Crippen MR) is 510 cm³/mol. The number of β-amino-alcohol motifs (C(OH)–C–C–N with tert-alkyl or cyclic N) is 2. The van der Waals surface area contributed by atoms with E-state index in [0.29, 0.717) is 183 Å². The van der Waals surface area contributed by atoms with Gasteiger partial charge in [-0.25, -0.2) is 23.1 Å². The van der Waals surface area contributed by atoms with E-state index >= 15 is 0 Å². The number of Topliss-reactive ketones (excluding diaryl/α,β-unsaturated/α-hetero) is 1. The van der Waals surface area contributed by atoms with Gasteiger partial charge in [-0.15, -0.1) is 22.7 Å². The molecule has 6 heterocycles. The van der Waals surface area contributed by atoms with Gasteiger partial charge < -0.3 is 119 Å². The summed E-state index contributed by atoms with van der Waals surface area (Å²) in [7, 11) is 0. The standard InChI is InChI=1S/C56H71F3IN7O12S.C39H58N6O10S/c1-35(2)51(49-28-36(3)66-79-49)56(72)67-32-41(68)30-47(67)55(71)65-46(38-6-8-39(9-7-38)54-37(4)63-34-80-54)31-50(70)62-16-19-74-21-23-76-25-27-77-26-24-75-22-20-73-18-15-61-14-5-17-78-33-48(69)42-11-12-43(57)52(59)53(42)64-45-13-10-40(60)29-44(45)58;1-26(2)36(34-21-27(3)44-55-34)39(49)45-24-31(46)22-33(45)38(48)43-32(29-5-7-30(8-6-29)37-28(4)42-25-56-37)23-35(47)41-10-12-51-14-16-53-18-20-54-19-17-52-15-13-50-11-9-40/h6-13,28-29,34-35,41,46-47,51,61,64,68H,5,14-27,30-33H2,1-4H3,(H,62,70)(H,65,71);5-8,21,25-26,31-33,36,46H,9-20,22-24,40H2,1-4H3,(H,41,47)(H,43,48)/t41-,46+,47+,51-;31-,32+,33+,36-/m11/s1. The molecule has 0 bridgehead atoms. The lowest BCUT2D eigenvalue weighted by molar-refractivity contribution is -0.141. The Morgan fingerprint density at radius 2 is 0.904 bits per heavy atom. The molecular formula is C95H129F3IN13O22S2. The maximum atomic E-state index is 14.7. The van der Waals surface area contributed by atoms with E-state index in [1.165, 1.54) is 44.6 Å². The number of likely N-dealkylation sites (tertiary alicyclic amines) is 2. The summed E-state index contributed by atoms with van der Waals surface area (Å²) in [5.74, 6) is -6.86. The van der Waals surface area contributed by atoms with Crippen molar-refractivity contribution in [3.8, 4) is 20.9 Å². The summed E-state index contributed by atoms with van der Waals surface area (Å²) in [4.78, 5) is 109. The number of anilines is 2. The molecule has 6 amide bonds. The SMILES string of the molecule is Cc1cc([C@H](C(=O)N2C[C@H](O)C[C@H]2C(=O)N[C@@H](CC(=O)NCCOCCOCCOCCOCCOCCN)c2ccc(-c3scnc3C)cc2)C(C)C)on1.Cc1cc([C@H](C(=O)N2C[C@H](O)C[C@H]2C(=O)N[C@@H](CC(=O)NCCOCCOCCOCCOCCOCCNCCCOCC(=O)c2ccc(F)c(F)c2Nc2ccc(I)cc2F)c2ccc(-c3scnc3C)cc2)C(C)C)on1. The molecule has 8 aromatic rings. The van der Waals surface area contributed by atoms with Crippen LogP contribution in [0.3, 0.4) is 0 Å². The number of hydrogen-bond acceptors (Lipinski definition) is 31. The van der Waals surface area contributed by atoms with E-state index in [4.69, 9.17) is 66.9 Å². The van der Waals surface area contributed by atoms with Crippen LogP contribution in [0, 0.1) is 60.6 Å². The monoisotopic (exact) mass is 2050 g/mol. The minimum Gasteiger partial charge on any atom is -0.391 e. The Morgan fingerprint density at radius 1 is 0.500 bits per heavy atom. The number of thiazole rings is 2. The number of aryl methyl sites for hydroxylation is 4. The number of benzene rings is 4. The van der Waals surface area contributed by atoms with Crippen LogP contribution < -0.4 is 37.6 Å². The lowest BCUT2D eigenvalue weighted by Gasteiger charge is -2.30. The quantitative estimate of drug-likeness (QED) is 0.00972. The summed E-state index contributed by atoms with van der Waals surface area (Å²) >= 11 is 4.98. The molecule has 2 aliphatic rings. The van der Waals surface area contributed by atoms with E-state index in [1.807, 2.05) is 113 Å². The first-order chi connectivity index (χ1) is 65.7. The highest BCUT2D eigenvalue weighted by Gasteiger charge is 2.46. The summed E-state index contributed by atoms with van der Waals surface area (Å²) in [5, 5.41) is 46.8. The maximum absolute atomic E-state index is 14.7. The molecule has 746 valence electrons. The van der Waals surface area contributed by atoms with Crippen LogP contribution in [-0.4, -0.2) is 297 Å². The molecule has 0 spiro atoms. The first-order valence-electron chi connectivity index (χ1n) is 45.7. The van der Waals surface area contributed by atoms with E-state index in [0.717, 1.165) is 44.4 Å². The number of aliphatic hydroxyl groups is 2. The van der Waals surface area contributed by atoms with Gasteiger partial charge >= 0.3 is 0 Å². The zero-order chi connectivity index (χ0) is 97.7. The van der Waals surface area contributed by atoms with E-state index in [-0.39, 0.29) is 125 Å². The Bertz CT molecular complexity index is 4960. The number of amides is 6. The largest absolute Gasteiger partial charge is 0.391 e. The van der Waals surface area contributed by atoms with Gasteiger partial charge in [-0.1, -0.05) is 86.5 Å². The second kappa shape index (κ2) is 59.9. The van der Waals surface area contributed by atoms with Crippen molar-refractivity contribution < 1.29 is 118 Å². The zero-order valence-corrected chi connectivity index (χ0v) is 82.1. The van der Waals surface area contributed by atoms with Crippen molar-refractivity contribution >= 4 is 97.9 Å². The number of aliphatic hydroxyl groups excluding tert-OH is 2. The van der Waals surface area contributed by atoms with Crippen LogP contribution in [0.2, 0.25) is 0 Å². The maximum Gasteiger partial charge on any atom is 0.243 e. The normalized spacial score (nSPS) is 15.7. The number of carbonyl (C=O) groups is 7. The third-order valence-corrected chi connectivity index (χ3v) is 24.4. The molecule has 41 heteroatoms. The fourth-order valence-corrected chi connectivity index (χ4v) is 17.0. The van der Waals surface area contributed by atoms with Crippen molar-refractivity contribution in [3.05, 3.63) is 174 Å². The molecule has 8 atom stereocenters. The molecule has 10 rings (SSSR count). The topological polar surface area (TPSA) is 444 Å². The smallest absolute Gasteiger partial charge is 0.243 e. The average molecular weight is 2050 g/mol. The fourth-order valence-electron chi connectivity index (χ4n) is 15.0. The summed E-state index contributed by atoms with van der Waals surface area (Å²) in [6.07, 6.45) is -1.25. The van der Waals surface area contributed by atoms with Gasteiger partial charge in [0.2, 0.25) is 35.4 Å². The van der Waals surface area contributed by atoms with E-state index in [9.17, 15) is 56.9 Å². The Hall–Kier alpha value is -9.23. The molecule has 0 saturated carbocycles. The second-order valence-corrected chi connectivity index (χ2v) is 36.0. The Morgan fingerprint density at radius 3 is 1.28 bits per heavy atom. The highest BCUT2D eigenvalue weighted by molar-refractivity contribution is 14.1. The molecule has 2 fully saturated rings. The average Bonchev–Trinajstić information content (AvgIpc) is 1.32. The van der Waals surface area contributed by atoms with Gasteiger partial charge in [0.15, 0.2) is 17.4 Å². The zero-order valence-electron chi connectivity index (χ0n) is 78.3. The summed E-state index contributed by atoms with van der Waals surface area (Å²) in [6, 6.07) is 21.4. The summed E-state index contributed by atoms with van der Waals surface area (Å²) in [6.45, 7) is 24.9. The highest BCUT2D eigenvalue weighted by Crippen LogP contribution is 2.37. The third kappa shape index (κ3) is 36.5. The second-order valence-electron chi connectivity index (χ2n) is 33.0. The number of aromatic nitrogens is 4. The van der Waals surface area contributed by atoms with Gasteiger partial charge in [0.25, 0.3) is 0 Å². The minimum absolute atomic E-state index is 0.00258. The number of ketones is 1. The summed E-state index contributed by atoms with van der Waals surface area (Å²) in [5.41, 5.74) is 14.6. The first kappa shape index (κ1) is 110. The van der Waals surface area contributed by atoms with Crippen LogP contribution in [-0.2, 0) is 80.9 Å². The van der Waals surface area contributed by atoms with Crippen molar-refractivity contribution in [2.75, 3.05) is 196 Å². The van der Waals surface area contributed by atoms with Gasteiger partial charge in [0, 0.05) is 80.0 Å². The minimum atomic E-state index is -1.29. The first-order valence-corrected chi connectivity index (χ1v) is 48.5. The van der Waals surface area contributed by atoms with E-state index in [1.54, 1.807) is 43.1 Å². The Labute approximate surface area is 812 Å². The Balaban J connectivity index is 0.000000325. The molecule has 4 aromatic heterocycles. The van der Waals surface area contributed by atoms with Crippen LogP contribution in [0.4, 0.5) is 24.5 Å². The summed E-state index contributed by atoms with van der Waals surface area (Å²) < 4.78 is 115. The molecule has 136 heavy (non-hydrogen) atoms. The lowest BCUT2D eigenvalue weighted by Crippen LogP contribution is -2.49. The third-order valence-electron chi connectivity index (χ3n) is 21.8. The molecule has 0 radical (unpaired) electrons. The number of ether oxygens (including phenoxy) is 11. The van der Waals surface area contributed by atoms with E-state index in [2.05, 4.69) is 52.2 Å². The van der Waals surface area contributed by atoms with Crippen LogP contribution in [0.1, 0.15) is 139 Å². The van der Waals surface area contributed by atoms with Crippen LogP contribution in [0.5, 0.6) is 0 Å². The Kier molecular flexibility index (Phi) is 48.6. The molecule has 35 nitrogen and oxygen atoms in total. The number of halogens is 4. The fraction of sp³-hybridized carbons (Fsp3) is 0.547. The number of carbonyl (C=O) groups excluding carboxylic acids is 7. The number of nitrogens with two attached hydrogens (primary N) is 1. The van der Waals surface area contributed by atoms with Gasteiger partial charge in [-0.3, -0.25) is 33.6 Å². The van der Waals surface area contributed by atoms with E-state index < -0.39 is 88.9 Å². The van der Waals surface area contributed by atoms with Crippen molar-refractivity contribution in [1.82, 2.24) is 56.7 Å². The van der Waals surface area contributed by atoms with Crippen molar-refractivity contribution in [2.24, 2.45) is 17.6 Å². The van der Waals surface area contributed by atoms with Crippen molar-refractivity contribution in [3.63, 3.8) is 0 Å². The van der Waals surface area contributed by atoms with Gasteiger partial charge in [0.05, 0.1) is 224 Å². The molecular weight excluding hydrogens is 1920 g/mol. The molecule has 2 saturated heterocycles. The number of rotatable bonds is 62. The highest BCUT2D eigenvalue weighted by atomic mass is 127.